The number of nitrogens with zero attached hydrogens (tertiary/aromatic N) is 4. The lowest BCUT2D eigenvalue weighted by Gasteiger charge is -2.11. The van der Waals surface area contributed by atoms with Gasteiger partial charge in [-0.3, -0.25) is 0 Å². The fourth-order valence-electron chi connectivity index (χ4n) is 3.31. The number of benzene rings is 2. The maximum Gasteiger partial charge on any atom is 0.270 e. The smallest absolute Gasteiger partial charge is 0.270 e. The van der Waals surface area contributed by atoms with Gasteiger partial charge in [0.15, 0.2) is 21.3 Å². The second-order valence-corrected chi connectivity index (χ2v) is 11.0. The third kappa shape index (κ3) is 5.19. The van der Waals surface area contributed by atoms with E-state index in [1.807, 2.05) is 24.3 Å². The zero-order valence-electron chi connectivity index (χ0n) is 19.5. The van der Waals surface area contributed by atoms with Crippen molar-refractivity contribution in [2.45, 2.75) is 37.5 Å². The van der Waals surface area contributed by atoms with Crippen molar-refractivity contribution in [1.82, 2.24) is 25.5 Å². The van der Waals surface area contributed by atoms with Crippen molar-refractivity contribution in [1.29, 1.82) is 0 Å². The molecule has 0 spiro atoms. The Morgan fingerprint density at radius 2 is 1.74 bits per heavy atom. The van der Waals surface area contributed by atoms with Gasteiger partial charge in [-0.05, 0) is 50.2 Å². The van der Waals surface area contributed by atoms with Gasteiger partial charge >= 0.3 is 0 Å². The molecule has 4 aromatic rings. The summed E-state index contributed by atoms with van der Waals surface area (Å²) in [6, 6.07) is 12.4. The van der Waals surface area contributed by atoms with Crippen molar-refractivity contribution >= 4 is 27.3 Å². The number of anilines is 1. The normalized spacial score (nSPS) is 11.8. The average molecular weight is 513 g/mol. The molecule has 0 saturated heterocycles. The third-order valence-electron chi connectivity index (χ3n) is 5.36. The van der Waals surface area contributed by atoms with Gasteiger partial charge in [-0.2, -0.15) is 0 Å². The molecule has 0 aliphatic rings. The molecule has 182 valence electrons. The standard InChI is InChI=1S/C24H25ClN6O3S/c1-4-27-12-15-5-7-16(8-6-15)23-30-31-24(34-23)21-22(26)28-13-19(29-21)17-9-10-20(18(25)11-17)35(32,33)14(2)3/h5-11,13-14,27H,4,12H2,1-3H3,(H2,26,28). The van der Waals surface area contributed by atoms with Crippen LogP contribution in [-0.2, 0) is 16.4 Å². The van der Waals surface area contributed by atoms with E-state index in [-0.39, 0.29) is 27.3 Å². The van der Waals surface area contributed by atoms with E-state index in [4.69, 9.17) is 21.8 Å². The molecule has 0 saturated carbocycles. The van der Waals surface area contributed by atoms with Gasteiger partial charge in [0.25, 0.3) is 5.89 Å². The largest absolute Gasteiger partial charge is 0.414 e. The number of hydrogen-bond donors (Lipinski definition) is 2. The lowest BCUT2D eigenvalue weighted by atomic mass is 10.1. The van der Waals surface area contributed by atoms with E-state index in [1.54, 1.807) is 19.9 Å². The van der Waals surface area contributed by atoms with Crippen LogP contribution in [0.4, 0.5) is 5.82 Å². The van der Waals surface area contributed by atoms with Gasteiger partial charge in [0.05, 0.1) is 27.1 Å². The summed E-state index contributed by atoms with van der Waals surface area (Å²) < 4.78 is 30.9. The Morgan fingerprint density at radius 1 is 1.06 bits per heavy atom. The Kier molecular flexibility index (Phi) is 7.15. The summed E-state index contributed by atoms with van der Waals surface area (Å²) in [6.07, 6.45) is 1.47. The van der Waals surface area contributed by atoms with E-state index in [9.17, 15) is 8.42 Å². The van der Waals surface area contributed by atoms with E-state index in [0.29, 0.717) is 17.1 Å². The molecule has 0 aliphatic carbocycles. The van der Waals surface area contributed by atoms with E-state index >= 15 is 0 Å². The summed E-state index contributed by atoms with van der Waals surface area (Å²) in [7, 11) is -3.52. The van der Waals surface area contributed by atoms with Crippen molar-refractivity contribution in [3.63, 3.8) is 0 Å². The molecule has 4 rings (SSSR count). The van der Waals surface area contributed by atoms with Crippen LogP contribution in [0.15, 0.2) is 58.0 Å². The van der Waals surface area contributed by atoms with Crippen molar-refractivity contribution < 1.29 is 12.8 Å². The highest BCUT2D eigenvalue weighted by atomic mass is 35.5. The highest BCUT2D eigenvalue weighted by Gasteiger charge is 2.23. The first-order valence-electron chi connectivity index (χ1n) is 11.0. The number of nitrogens with one attached hydrogen (secondary N) is 1. The first-order valence-corrected chi connectivity index (χ1v) is 12.9. The lowest BCUT2D eigenvalue weighted by Crippen LogP contribution is -2.14. The van der Waals surface area contributed by atoms with Crippen molar-refractivity contribution in [2.75, 3.05) is 12.3 Å². The zero-order valence-corrected chi connectivity index (χ0v) is 21.1. The molecule has 0 unspecified atom stereocenters. The molecule has 0 aliphatic heterocycles. The molecular formula is C24H25ClN6O3S. The average Bonchev–Trinajstić information content (AvgIpc) is 3.33. The summed E-state index contributed by atoms with van der Waals surface area (Å²) in [5, 5.41) is 11.0. The number of nitrogen functional groups attached to an aromatic ring is 1. The maximum absolute atomic E-state index is 12.5. The van der Waals surface area contributed by atoms with Crippen molar-refractivity contribution in [2.24, 2.45) is 0 Å². The summed E-state index contributed by atoms with van der Waals surface area (Å²) in [5.41, 5.74) is 9.17. The minimum Gasteiger partial charge on any atom is -0.414 e. The highest BCUT2D eigenvalue weighted by Crippen LogP contribution is 2.32. The van der Waals surface area contributed by atoms with Crippen LogP contribution in [0.25, 0.3) is 34.3 Å². The van der Waals surface area contributed by atoms with Crippen LogP contribution < -0.4 is 11.1 Å². The van der Waals surface area contributed by atoms with Crippen LogP contribution >= 0.6 is 11.6 Å². The highest BCUT2D eigenvalue weighted by molar-refractivity contribution is 7.92. The summed E-state index contributed by atoms with van der Waals surface area (Å²) in [4.78, 5) is 8.81. The number of hydrogen-bond acceptors (Lipinski definition) is 9. The summed E-state index contributed by atoms with van der Waals surface area (Å²) >= 11 is 6.31. The lowest BCUT2D eigenvalue weighted by molar-refractivity contribution is 0.582. The Hall–Kier alpha value is -3.34. The van der Waals surface area contributed by atoms with Gasteiger partial charge in [-0.15, -0.1) is 10.2 Å². The van der Waals surface area contributed by atoms with Crippen LogP contribution in [0.3, 0.4) is 0 Å². The molecule has 0 bridgehead atoms. The van der Waals surface area contributed by atoms with Crippen molar-refractivity contribution in [3.05, 3.63) is 59.2 Å². The first kappa shape index (κ1) is 24.8. The van der Waals surface area contributed by atoms with Gasteiger partial charge in [0.2, 0.25) is 5.89 Å². The van der Waals surface area contributed by atoms with Gasteiger partial charge in [-0.1, -0.05) is 36.7 Å². The van der Waals surface area contributed by atoms with Gasteiger partial charge in [-0.25, -0.2) is 18.4 Å². The molecule has 11 heteroatoms. The Labute approximate surface area is 208 Å². The molecule has 2 heterocycles. The Bertz CT molecular complexity index is 1450. The first-order chi connectivity index (χ1) is 16.7. The van der Waals surface area contributed by atoms with Gasteiger partial charge in [0.1, 0.15) is 0 Å². The summed E-state index contributed by atoms with van der Waals surface area (Å²) in [5.74, 6) is 0.566. The predicted octanol–water partition coefficient (Wildman–Crippen LogP) is 4.39. The third-order valence-corrected chi connectivity index (χ3v) is 8.00. The van der Waals surface area contributed by atoms with E-state index < -0.39 is 15.1 Å². The predicted molar refractivity (Wildman–Crippen MR) is 135 cm³/mol. The molecular weight excluding hydrogens is 488 g/mol. The number of rotatable bonds is 8. The SMILES string of the molecule is CCNCc1ccc(-c2nnc(-c3nc(-c4ccc(S(=O)(=O)C(C)C)c(Cl)c4)cnc3N)o2)cc1. The van der Waals surface area contributed by atoms with Crippen LogP contribution in [0.1, 0.15) is 26.3 Å². The van der Waals surface area contributed by atoms with Gasteiger partial charge in [0, 0.05) is 17.7 Å². The fourth-order valence-corrected chi connectivity index (χ4v) is 4.91. The molecule has 3 N–H and O–H groups in total. The van der Waals surface area contributed by atoms with Crippen LogP contribution in [-0.4, -0.2) is 40.4 Å². The molecule has 0 radical (unpaired) electrons. The minimum atomic E-state index is -3.52. The van der Waals surface area contributed by atoms with Crippen LogP contribution in [0, 0.1) is 0 Å². The van der Waals surface area contributed by atoms with Crippen LogP contribution in [0.2, 0.25) is 5.02 Å². The second-order valence-electron chi connectivity index (χ2n) is 8.12. The maximum atomic E-state index is 12.5. The van der Waals surface area contributed by atoms with E-state index in [1.165, 1.54) is 18.3 Å². The fraction of sp³-hybridized carbons (Fsp3) is 0.250. The summed E-state index contributed by atoms with van der Waals surface area (Å²) in [6.45, 7) is 6.93. The van der Waals surface area contributed by atoms with Crippen LogP contribution in [0.5, 0.6) is 0 Å². The van der Waals surface area contributed by atoms with E-state index in [2.05, 4.69) is 32.4 Å². The number of sulfone groups is 1. The number of halogens is 1. The zero-order chi connectivity index (χ0) is 25.2. The van der Waals surface area contributed by atoms with E-state index in [0.717, 1.165) is 24.2 Å². The number of nitrogens with two attached hydrogens (primary N) is 1. The molecule has 0 amide bonds. The molecule has 0 atom stereocenters. The number of aromatic nitrogens is 4. The molecule has 2 aromatic carbocycles. The molecule has 35 heavy (non-hydrogen) atoms. The molecule has 9 nitrogen and oxygen atoms in total. The molecule has 2 aromatic heterocycles. The quantitative estimate of drug-likeness (QED) is 0.352. The second kappa shape index (κ2) is 10.1. The molecule has 0 fully saturated rings. The Morgan fingerprint density at radius 3 is 2.40 bits per heavy atom. The topological polar surface area (TPSA) is 137 Å². The van der Waals surface area contributed by atoms with Crippen molar-refractivity contribution in [3.8, 4) is 34.3 Å². The minimum absolute atomic E-state index is 0.0691. The monoisotopic (exact) mass is 512 g/mol. The van der Waals surface area contributed by atoms with Gasteiger partial charge < -0.3 is 15.5 Å². The Balaban J connectivity index is 1.64.